The van der Waals surface area contributed by atoms with Crippen LogP contribution in [0, 0.1) is 0 Å². The molecule has 0 aliphatic heterocycles. The molecule has 5 heteroatoms. The maximum absolute atomic E-state index is 4.13. The number of nitrogens with one attached hydrogen (secondary N) is 3. The highest BCUT2D eigenvalue weighted by atomic mass is 14.9. The predicted octanol–water partition coefficient (Wildman–Crippen LogP) is 0.465. The molecule has 0 fully saturated rings. The lowest BCUT2D eigenvalue weighted by atomic mass is 10.3. The minimum Gasteiger partial charge on any atom is -0.351 e. The molecule has 74 valence electrons. The molecule has 0 unspecified atom stereocenters. The van der Waals surface area contributed by atoms with Gasteiger partial charge in [0, 0.05) is 31.9 Å². The van der Waals surface area contributed by atoms with Crippen LogP contribution in [0.15, 0.2) is 25.0 Å². The van der Waals surface area contributed by atoms with Crippen LogP contribution in [-0.4, -0.2) is 26.5 Å². The molecule has 0 aromatic carbocycles. The monoisotopic (exact) mass is 191 g/mol. The Morgan fingerprint density at radius 3 is 2.43 bits per heavy atom. The Kier molecular flexibility index (Phi) is 2.92. The van der Waals surface area contributed by atoms with E-state index in [4.69, 9.17) is 0 Å². The molecule has 3 N–H and O–H groups in total. The highest BCUT2D eigenvalue weighted by molar-refractivity contribution is 4.96. The molecule has 0 radical (unpaired) electrons. The van der Waals surface area contributed by atoms with Crippen molar-refractivity contribution in [1.82, 2.24) is 25.3 Å². The van der Waals surface area contributed by atoms with Crippen molar-refractivity contribution in [2.45, 2.75) is 13.0 Å². The predicted molar refractivity (Wildman–Crippen MR) is 52.6 cm³/mol. The number of nitrogens with zero attached hydrogens (tertiary/aromatic N) is 2. The summed E-state index contributed by atoms with van der Waals surface area (Å²) >= 11 is 0. The van der Waals surface area contributed by atoms with Crippen LogP contribution in [0.2, 0.25) is 0 Å². The van der Waals surface area contributed by atoms with Gasteiger partial charge in [-0.05, 0) is 0 Å². The zero-order valence-corrected chi connectivity index (χ0v) is 7.83. The molecule has 0 spiro atoms. The van der Waals surface area contributed by atoms with Crippen molar-refractivity contribution in [3.63, 3.8) is 0 Å². The van der Waals surface area contributed by atoms with Gasteiger partial charge in [0.15, 0.2) is 0 Å². The third-order valence-corrected chi connectivity index (χ3v) is 1.97. The summed E-state index contributed by atoms with van der Waals surface area (Å²) in [7, 11) is 0. The third kappa shape index (κ3) is 2.43. The number of H-pyrrole nitrogens is 2. The first kappa shape index (κ1) is 8.96. The fraction of sp³-hybridized carbons (Fsp3) is 0.333. The van der Waals surface area contributed by atoms with Gasteiger partial charge >= 0.3 is 0 Å². The fourth-order valence-electron chi connectivity index (χ4n) is 1.25. The molecule has 5 nitrogen and oxygen atoms in total. The van der Waals surface area contributed by atoms with Gasteiger partial charge in [-0.1, -0.05) is 0 Å². The van der Waals surface area contributed by atoms with Crippen LogP contribution in [0.25, 0.3) is 0 Å². The highest BCUT2D eigenvalue weighted by Crippen LogP contribution is 1.92. The van der Waals surface area contributed by atoms with Crippen LogP contribution in [0.5, 0.6) is 0 Å². The van der Waals surface area contributed by atoms with Gasteiger partial charge in [0.25, 0.3) is 0 Å². The molecule has 2 aromatic rings. The van der Waals surface area contributed by atoms with Gasteiger partial charge in [-0.25, -0.2) is 9.97 Å². The largest absolute Gasteiger partial charge is 0.351 e. The number of aromatic nitrogens is 4. The number of hydrogen-bond acceptors (Lipinski definition) is 3. The fourth-order valence-corrected chi connectivity index (χ4v) is 1.25. The zero-order valence-electron chi connectivity index (χ0n) is 7.83. The van der Waals surface area contributed by atoms with Crippen molar-refractivity contribution < 1.29 is 0 Å². The van der Waals surface area contributed by atoms with E-state index < -0.39 is 0 Å². The number of rotatable bonds is 5. The molecule has 14 heavy (non-hydrogen) atoms. The smallest absolute Gasteiger partial charge is 0.0923 e. The molecule has 0 atom stereocenters. The Balaban J connectivity index is 1.65. The first-order valence-corrected chi connectivity index (χ1v) is 4.61. The Hall–Kier alpha value is -1.62. The SMILES string of the molecule is c1nc(CCNCc2c[nH]cn2)c[nH]1. The van der Waals surface area contributed by atoms with Crippen LogP contribution in [0.1, 0.15) is 11.4 Å². The Bertz CT molecular complexity index is 301. The zero-order chi connectivity index (χ0) is 9.64. The standard InChI is InChI=1S/C9H13N5/c1(8-3-11-6-13-8)2-10-4-9-5-12-7-14-9/h3,5-7,10H,1-2,4H2,(H,11,13)(H,12,14). The topological polar surface area (TPSA) is 69.4 Å². The molecular formula is C9H13N5. The molecular weight excluding hydrogens is 178 g/mol. The second kappa shape index (κ2) is 4.57. The summed E-state index contributed by atoms with van der Waals surface area (Å²) in [5.41, 5.74) is 2.12. The van der Waals surface area contributed by atoms with E-state index in [1.54, 1.807) is 12.7 Å². The number of hydrogen-bond donors (Lipinski definition) is 3. The van der Waals surface area contributed by atoms with E-state index in [-0.39, 0.29) is 0 Å². The average molecular weight is 191 g/mol. The summed E-state index contributed by atoms with van der Waals surface area (Å²) in [6, 6.07) is 0. The van der Waals surface area contributed by atoms with E-state index in [9.17, 15) is 0 Å². The van der Waals surface area contributed by atoms with Crippen LogP contribution in [-0.2, 0) is 13.0 Å². The molecule has 2 rings (SSSR count). The van der Waals surface area contributed by atoms with Crippen molar-refractivity contribution in [2.75, 3.05) is 6.54 Å². The molecule has 2 aromatic heterocycles. The second-order valence-electron chi connectivity index (χ2n) is 3.05. The minimum atomic E-state index is 0.800. The van der Waals surface area contributed by atoms with Gasteiger partial charge in [-0.15, -0.1) is 0 Å². The van der Waals surface area contributed by atoms with Gasteiger partial charge < -0.3 is 15.3 Å². The van der Waals surface area contributed by atoms with Gasteiger partial charge in [-0.3, -0.25) is 0 Å². The quantitative estimate of drug-likeness (QED) is 0.601. The van der Waals surface area contributed by atoms with E-state index in [2.05, 4.69) is 25.3 Å². The Morgan fingerprint density at radius 1 is 1.07 bits per heavy atom. The van der Waals surface area contributed by atoms with E-state index >= 15 is 0 Å². The first-order chi connectivity index (χ1) is 6.95. The summed E-state index contributed by atoms with van der Waals surface area (Å²) in [4.78, 5) is 14.1. The summed E-state index contributed by atoms with van der Waals surface area (Å²) in [5, 5.41) is 3.29. The van der Waals surface area contributed by atoms with E-state index in [1.165, 1.54) is 0 Å². The molecule has 0 saturated carbocycles. The van der Waals surface area contributed by atoms with E-state index in [0.29, 0.717) is 0 Å². The lowest BCUT2D eigenvalue weighted by molar-refractivity contribution is 0.672. The van der Waals surface area contributed by atoms with Crippen LogP contribution < -0.4 is 5.32 Å². The minimum absolute atomic E-state index is 0.800. The lowest BCUT2D eigenvalue weighted by Gasteiger charge is -1.99. The Labute approximate surface area is 82.0 Å². The van der Waals surface area contributed by atoms with Gasteiger partial charge in [0.05, 0.1) is 24.0 Å². The molecule has 0 aliphatic carbocycles. The maximum Gasteiger partial charge on any atom is 0.0923 e. The second-order valence-corrected chi connectivity index (χ2v) is 3.05. The van der Waals surface area contributed by atoms with E-state index in [0.717, 1.165) is 30.9 Å². The van der Waals surface area contributed by atoms with Crippen LogP contribution >= 0.6 is 0 Å². The van der Waals surface area contributed by atoms with Crippen LogP contribution in [0.4, 0.5) is 0 Å². The summed E-state index contributed by atoms with van der Waals surface area (Å²) in [5.74, 6) is 0. The number of imidazole rings is 2. The lowest BCUT2D eigenvalue weighted by Crippen LogP contribution is -2.16. The van der Waals surface area contributed by atoms with E-state index in [1.807, 2.05) is 12.4 Å². The summed E-state index contributed by atoms with van der Waals surface area (Å²) in [6.07, 6.45) is 8.12. The van der Waals surface area contributed by atoms with Crippen LogP contribution in [0.3, 0.4) is 0 Å². The average Bonchev–Trinajstić information content (AvgIpc) is 2.86. The summed E-state index contributed by atoms with van der Waals surface area (Å²) < 4.78 is 0. The van der Waals surface area contributed by atoms with Crippen molar-refractivity contribution in [2.24, 2.45) is 0 Å². The first-order valence-electron chi connectivity index (χ1n) is 4.61. The highest BCUT2D eigenvalue weighted by Gasteiger charge is 1.95. The molecule has 0 saturated heterocycles. The van der Waals surface area contributed by atoms with Crippen molar-refractivity contribution >= 4 is 0 Å². The molecule has 0 aliphatic rings. The number of aromatic amines is 2. The van der Waals surface area contributed by atoms with Crippen molar-refractivity contribution in [3.8, 4) is 0 Å². The van der Waals surface area contributed by atoms with Gasteiger partial charge in [0.2, 0.25) is 0 Å². The van der Waals surface area contributed by atoms with Crippen molar-refractivity contribution in [3.05, 3.63) is 36.4 Å². The maximum atomic E-state index is 4.13. The van der Waals surface area contributed by atoms with Gasteiger partial charge in [-0.2, -0.15) is 0 Å². The normalized spacial score (nSPS) is 10.6. The Morgan fingerprint density at radius 2 is 1.79 bits per heavy atom. The third-order valence-electron chi connectivity index (χ3n) is 1.97. The van der Waals surface area contributed by atoms with Gasteiger partial charge in [0.1, 0.15) is 0 Å². The molecule has 2 heterocycles. The molecule has 0 amide bonds. The molecule has 0 bridgehead atoms. The summed E-state index contributed by atoms with van der Waals surface area (Å²) in [6.45, 7) is 1.71. The van der Waals surface area contributed by atoms with Crippen molar-refractivity contribution in [1.29, 1.82) is 0 Å².